The largest absolute Gasteiger partial charge is 0.476 e. The number of halogens is 2. The van der Waals surface area contributed by atoms with Crippen LogP contribution in [0.2, 0.25) is 0 Å². The van der Waals surface area contributed by atoms with E-state index in [0.29, 0.717) is 31.1 Å². The lowest BCUT2D eigenvalue weighted by molar-refractivity contribution is -0.148. The van der Waals surface area contributed by atoms with E-state index in [1.54, 1.807) is 6.07 Å². The summed E-state index contributed by atoms with van der Waals surface area (Å²) in [7, 11) is 0. The Labute approximate surface area is 175 Å². The number of alkyl halides is 2. The first-order valence-corrected chi connectivity index (χ1v) is 10.5. The summed E-state index contributed by atoms with van der Waals surface area (Å²) in [6.45, 7) is 3.77. The molecule has 0 atom stereocenters. The molecule has 1 aromatic rings. The third kappa shape index (κ3) is 5.79. The van der Waals surface area contributed by atoms with Crippen molar-refractivity contribution in [1.82, 2.24) is 10.3 Å². The Morgan fingerprint density at radius 3 is 2.57 bits per heavy atom. The maximum atomic E-state index is 13.3. The normalized spacial score (nSPS) is 17.4. The van der Waals surface area contributed by atoms with Crippen LogP contribution in [0.25, 0.3) is 0 Å². The van der Waals surface area contributed by atoms with Gasteiger partial charge in [-0.3, -0.25) is 9.59 Å². The van der Waals surface area contributed by atoms with Crippen molar-refractivity contribution in [2.24, 2.45) is 11.8 Å². The molecule has 1 saturated heterocycles. The molecule has 0 radical (unpaired) electrons. The molecule has 9 heteroatoms. The van der Waals surface area contributed by atoms with Crippen molar-refractivity contribution < 1.29 is 27.8 Å². The summed E-state index contributed by atoms with van der Waals surface area (Å²) in [6.07, 6.45) is 3.58. The Morgan fingerprint density at radius 1 is 1.27 bits per heavy atom. The number of esters is 1. The molecule has 1 aliphatic carbocycles. The summed E-state index contributed by atoms with van der Waals surface area (Å²) in [4.78, 5) is 30.0. The Hall–Kier alpha value is -2.45. The van der Waals surface area contributed by atoms with E-state index in [4.69, 9.17) is 9.47 Å². The molecule has 1 saturated carbocycles. The van der Waals surface area contributed by atoms with Gasteiger partial charge in [0.25, 0.3) is 11.8 Å². The second-order valence-corrected chi connectivity index (χ2v) is 7.92. The van der Waals surface area contributed by atoms with E-state index in [0.717, 1.165) is 12.8 Å². The van der Waals surface area contributed by atoms with Gasteiger partial charge in [-0.05, 0) is 43.7 Å². The Bertz CT molecular complexity index is 759. The molecule has 1 N–H and O–H groups in total. The van der Waals surface area contributed by atoms with Crippen LogP contribution < -0.4 is 15.0 Å². The molecule has 1 amide bonds. The van der Waals surface area contributed by atoms with Gasteiger partial charge in [0.1, 0.15) is 18.0 Å². The van der Waals surface area contributed by atoms with Crippen molar-refractivity contribution in [3.8, 4) is 5.88 Å². The van der Waals surface area contributed by atoms with Crippen LogP contribution in [-0.2, 0) is 9.53 Å². The fourth-order valence-electron chi connectivity index (χ4n) is 3.22. The summed E-state index contributed by atoms with van der Waals surface area (Å²) in [5, 5.41) is 2.66. The lowest BCUT2D eigenvalue weighted by atomic mass is 10.0. The van der Waals surface area contributed by atoms with Gasteiger partial charge in [0, 0.05) is 0 Å². The fourth-order valence-corrected chi connectivity index (χ4v) is 3.22. The number of nitrogens with one attached hydrogen (secondary N) is 1. The van der Waals surface area contributed by atoms with Gasteiger partial charge in [0.05, 0.1) is 32.2 Å². The molecule has 0 bridgehead atoms. The predicted molar refractivity (Wildman–Crippen MR) is 107 cm³/mol. The molecule has 3 rings (SSSR count). The number of amides is 1. The molecule has 2 heterocycles. The van der Waals surface area contributed by atoms with Gasteiger partial charge in [0.15, 0.2) is 0 Å². The van der Waals surface area contributed by atoms with Crippen LogP contribution >= 0.6 is 0 Å². The zero-order valence-corrected chi connectivity index (χ0v) is 17.5. The van der Waals surface area contributed by atoms with Crippen LogP contribution in [0.4, 0.5) is 14.5 Å². The van der Waals surface area contributed by atoms with Gasteiger partial charge in [0.2, 0.25) is 5.88 Å². The van der Waals surface area contributed by atoms with Gasteiger partial charge in [-0.2, -0.15) is 0 Å². The second kappa shape index (κ2) is 9.57. The highest BCUT2D eigenvalue weighted by Crippen LogP contribution is 2.37. The van der Waals surface area contributed by atoms with Crippen molar-refractivity contribution >= 4 is 17.6 Å². The Balaban J connectivity index is 1.55. The van der Waals surface area contributed by atoms with Crippen LogP contribution in [0, 0.1) is 11.8 Å². The standard InChI is InChI=1S/C21H29F2N3O4/c1-3-15(4-2)20(28)29-10-9-24-18(27)16-7-8-17(26-12-21(22,23)13-26)19(25-16)30-11-14-5-6-14/h7-8,14-15H,3-6,9-13H2,1-2H3,(H,24,27). The summed E-state index contributed by atoms with van der Waals surface area (Å²) in [6, 6.07) is 3.08. The third-order valence-corrected chi connectivity index (χ3v) is 5.36. The second-order valence-electron chi connectivity index (χ2n) is 7.92. The quantitative estimate of drug-likeness (QED) is 0.434. The van der Waals surface area contributed by atoms with Crippen LogP contribution in [0.1, 0.15) is 50.0 Å². The predicted octanol–water partition coefficient (Wildman–Crippen LogP) is 3.03. The Morgan fingerprint density at radius 2 is 1.97 bits per heavy atom. The monoisotopic (exact) mass is 425 g/mol. The van der Waals surface area contributed by atoms with Crippen molar-refractivity contribution in [2.45, 2.75) is 45.5 Å². The minimum absolute atomic E-state index is 0.0764. The van der Waals surface area contributed by atoms with Crippen molar-refractivity contribution in [1.29, 1.82) is 0 Å². The average Bonchev–Trinajstić information content (AvgIpc) is 3.53. The zero-order valence-electron chi connectivity index (χ0n) is 17.5. The number of nitrogens with zero attached hydrogens (tertiary/aromatic N) is 2. The molecular weight excluding hydrogens is 396 g/mol. The molecule has 7 nitrogen and oxygen atoms in total. The summed E-state index contributed by atoms with van der Waals surface area (Å²) in [5.74, 6) is -2.89. The van der Waals surface area contributed by atoms with Gasteiger partial charge in [-0.25, -0.2) is 13.8 Å². The molecule has 30 heavy (non-hydrogen) atoms. The number of rotatable bonds is 11. The smallest absolute Gasteiger partial charge is 0.308 e. The summed E-state index contributed by atoms with van der Waals surface area (Å²) < 4.78 is 37.4. The van der Waals surface area contributed by atoms with E-state index in [2.05, 4.69) is 10.3 Å². The maximum Gasteiger partial charge on any atom is 0.308 e. The highest BCUT2D eigenvalue weighted by molar-refractivity contribution is 5.92. The van der Waals surface area contributed by atoms with Crippen molar-refractivity contribution in [3.05, 3.63) is 17.8 Å². The van der Waals surface area contributed by atoms with Gasteiger partial charge in [-0.15, -0.1) is 0 Å². The molecule has 166 valence electrons. The summed E-state index contributed by atoms with van der Waals surface area (Å²) >= 11 is 0. The number of hydrogen-bond acceptors (Lipinski definition) is 6. The number of anilines is 1. The van der Waals surface area contributed by atoms with Crippen LogP contribution in [0.3, 0.4) is 0 Å². The number of ether oxygens (including phenoxy) is 2. The molecule has 1 aliphatic heterocycles. The zero-order chi connectivity index (χ0) is 21.7. The maximum absolute atomic E-state index is 13.3. The van der Waals surface area contributed by atoms with E-state index >= 15 is 0 Å². The third-order valence-electron chi connectivity index (χ3n) is 5.36. The number of aromatic nitrogens is 1. The van der Waals surface area contributed by atoms with Gasteiger partial charge in [-0.1, -0.05) is 13.8 Å². The lowest BCUT2D eigenvalue weighted by Crippen LogP contribution is -2.56. The van der Waals surface area contributed by atoms with Crippen molar-refractivity contribution in [3.63, 3.8) is 0 Å². The Kier molecular flexibility index (Phi) is 7.10. The van der Waals surface area contributed by atoms with Crippen LogP contribution in [0.15, 0.2) is 12.1 Å². The first kappa shape index (κ1) is 22.2. The first-order chi connectivity index (χ1) is 14.3. The molecule has 0 spiro atoms. The van der Waals surface area contributed by atoms with E-state index in [9.17, 15) is 18.4 Å². The fraction of sp³-hybridized carbons (Fsp3) is 0.667. The topological polar surface area (TPSA) is 80.8 Å². The molecular formula is C21H29F2N3O4. The molecule has 0 aromatic carbocycles. The lowest BCUT2D eigenvalue weighted by Gasteiger charge is -2.40. The minimum Gasteiger partial charge on any atom is -0.476 e. The highest BCUT2D eigenvalue weighted by atomic mass is 19.3. The van der Waals surface area contributed by atoms with E-state index < -0.39 is 11.8 Å². The number of carbonyl (C=O) groups is 2. The van der Waals surface area contributed by atoms with Gasteiger partial charge >= 0.3 is 5.97 Å². The van der Waals surface area contributed by atoms with Gasteiger partial charge < -0.3 is 19.7 Å². The minimum atomic E-state index is -2.71. The van der Waals surface area contributed by atoms with Crippen molar-refractivity contribution in [2.75, 3.05) is 37.7 Å². The molecule has 0 unspecified atom stereocenters. The highest BCUT2D eigenvalue weighted by Gasteiger charge is 2.45. The summed E-state index contributed by atoms with van der Waals surface area (Å²) in [5.41, 5.74) is 0.598. The molecule has 1 aromatic heterocycles. The number of pyridine rings is 1. The number of carbonyl (C=O) groups excluding carboxylic acids is 2. The van der Waals surface area contributed by atoms with Crippen LogP contribution in [0.5, 0.6) is 5.88 Å². The average molecular weight is 425 g/mol. The first-order valence-electron chi connectivity index (χ1n) is 10.5. The molecule has 2 aliphatic rings. The molecule has 2 fully saturated rings. The number of hydrogen-bond donors (Lipinski definition) is 1. The van der Waals surface area contributed by atoms with E-state index in [-0.39, 0.29) is 49.7 Å². The van der Waals surface area contributed by atoms with E-state index in [1.807, 2.05) is 13.8 Å². The SMILES string of the molecule is CCC(CC)C(=O)OCCNC(=O)c1ccc(N2CC(F)(F)C2)c(OCC2CC2)n1. The van der Waals surface area contributed by atoms with E-state index in [1.165, 1.54) is 11.0 Å². The van der Waals surface area contributed by atoms with Crippen LogP contribution in [-0.4, -0.2) is 55.6 Å².